The van der Waals surface area contributed by atoms with Crippen LogP contribution in [-0.4, -0.2) is 12.1 Å². The third-order valence-electron chi connectivity index (χ3n) is 1.35. The number of hydrogen-bond acceptors (Lipinski definition) is 2. The van der Waals surface area contributed by atoms with E-state index in [4.69, 9.17) is 4.74 Å². The van der Waals surface area contributed by atoms with Crippen LogP contribution in [0.3, 0.4) is 0 Å². The van der Waals surface area contributed by atoms with Crippen LogP contribution in [0, 0.1) is 3.70 Å². The molecule has 0 amide bonds. The number of nitrogens with zero attached hydrogens (tertiary/aromatic N) is 1. The molecule has 0 fully saturated rings. The lowest BCUT2D eigenvalue weighted by atomic mass is 10.3. The largest absolute Gasteiger partial charge is 0.495 e. The minimum absolute atomic E-state index is 0.0993. The van der Waals surface area contributed by atoms with Crippen LogP contribution < -0.4 is 4.74 Å². The first kappa shape index (κ1) is 11.1. The lowest BCUT2D eigenvalue weighted by molar-refractivity contribution is 0.141. The predicted octanol–water partition coefficient (Wildman–Crippen LogP) is 3.39. The van der Waals surface area contributed by atoms with Crippen LogP contribution in [0.25, 0.3) is 0 Å². The molecule has 0 atom stereocenters. The molecule has 0 radical (unpaired) electrons. The van der Waals surface area contributed by atoms with Gasteiger partial charge in [0.1, 0.15) is 15.1 Å². The number of rotatable bonds is 2. The molecule has 72 valence electrons. The number of halogens is 4. The molecule has 0 aromatic carbocycles. The Morgan fingerprint density at radius 3 is 2.69 bits per heavy atom. The van der Waals surface area contributed by atoms with E-state index in [2.05, 4.69) is 20.9 Å². The first-order valence-electron chi connectivity index (χ1n) is 3.24. The second kappa shape index (κ2) is 4.50. The Kier molecular flexibility index (Phi) is 3.84. The molecule has 1 aromatic rings. The summed E-state index contributed by atoms with van der Waals surface area (Å²) in [5.74, 6) is 0.0993. The summed E-state index contributed by atoms with van der Waals surface area (Å²) in [6.45, 7) is 0. The van der Waals surface area contributed by atoms with Crippen LogP contribution in [0.2, 0.25) is 0 Å². The maximum absolute atomic E-state index is 12.4. The Hall–Kier alpha value is 0.0200. The van der Waals surface area contributed by atoms with Crippen LogP contribution in [-0.2, 0) is 0 Å². The second-order valence-electron chi connectivity index (χ2n) is 2.15. The van der Waals surface area contributed by atoms with Gasteiger partial charge in [0.15, 0.2) is 0 Å². The van der Waals surface area contributed by atoms with Crippen molar-refractivity contribution in [3.05, 3.63) is 19.9 Å². The van der Waals surface area contributed by atoms with E-state index in [0.717, 1.165) is 0 Å². The van der Waals surface area contributed by atoms with Gasteiger partial charge in [0, 0.05) is 0 Å². The summed E-state index contributed by atoms with van der Waals surface area (Å²) in [7, 11) is 1.34. The van der Waals surface area contributed by atoms with E-state index >= 15 is 0 Å². The lowest BCUT2D eigenvalue weighted by Gasteiger charge is -2.07. The summed E-state index contributed by atoms with van der Waals surface area (Å²) in [4.78, 5) is 3.71. The fourth-order valence-corrected chi connectivity index (χ4v) is 1.49. The summed E-state index contributed by atoms with van der Waals surface area (Å²) < 4.78 is 30.6. The van der Waals surface area contributed by atoms with Crippen molar-refractivity contribution in [1.82, 2.24) is 4.98 Å². The van der Waals surface area contributed by atoms with Crippen molar-refractivity contribution >= 4 is 38.5 Å². The molecule has 0 saturated carbocycles. The first-order valence-corrected chi connectivity index (χ1v) is 5.11. The van der Waals surface area contributed by atoms with Gasteiger partial charge >= 0.3 is 0 Å². The molecule has 1 aromatic heterocycles. The van der Waals surface area contributed by atoms with Crippen LogP contribution in [0.1, 0.15) is 12.1 Å². The van der Waals surface area contributed by atoms with Gasteiger partial charge in [-0.2, -0.15) is 0 Å². The Morgan fingerprint density at radius 2 is 2.23 bits per heavy atom. The van der Waals surface area contributed by atoms with Gasteiger partial charge < -0.3 is 4.74 Å². The fraction of sp³-hybridized carbons (Fsp3) is 0.286. The summed E-state index contributed by atoms with van der Waals surface area (Å²) in [6.07, 6.45) is -2.61. The zero-order chi connectivity index (χ0) is 10.0. The van der Waals surface area contributed by atoms with Crippen LogP contribution in [0.5, 0.6) is 5.75 Å². The number of alkyl halides is 2. The van der Waals surface area contributed by atoms with E-state index in [1.807, 2.05) is 22.6 Å². The van der Waals surface area contributed by atoms with Crippen molar-refractivity contribution in [3.8, 4) is 5.75 Å². The van der Waals surface area contributed by atoms with E-state index in [-0.39, 0.29) is 11.4 Å². The van der Waals surface area contributed by atoms with Crippen molar-refractivity contribution in [2.24, 2.45) is 0 Å². The summed E-state index contributed by atoms with van der Waals surface area (Å²) in [5.41, 5.74) is -0.324. The number of pyridine rings is 1. The van der Waals surface area contributed by atoms with Crippen molar-refractivity contribution in [1.29, 1.82) is 0 Å². The lowest BCUT2D eigenvalue weighted by Crippen LogP contribution is -1.98. The van der Waals surface area contributed by atoms with Gasteiger partial charge in [0.25, 0.3) is 6.43 Å². The van der Waals surface area contributed by atoms with Gasteiger partial charge in [-0.1, -0.05) is 0 Å². The molecule has 1 heterocycles. The van der Waals surface area contributed by atoms with Crippen LogP contribution in [0.15, 0.2) is 10.5 Å². The molecule has 13 heavy (non-hydrogen) atoms. The normalized spacial score (nSPS) is 10.6. The van der Waals surface area contributed by atoms with E-state index in [1.165, 1.54) is 13.2 Å². The zero-order valence-electron chi connectivity index (χ0n) is 6.52. The number of hydrogen-bond donors (Lipinski definition) is 0. The Morgan fingerprint density at radius 1 is 1.62 bits per heavy atom. The molecule has 0 spiro atoms. The molecule has 0 aliphatic heterocycles. The first-order chi connectivity index (χ1) is 6.06. The standard InChI is InChI=1S/C7H5BrF2INO/c1-13-4-2-3(8)7(11)12-5(4)6(9)10/h2,6H,1H3. The average Bonchev–Trinajstić information content (AvgIpc) is 2.08. The van der Waals surface area contributed by atoms with Gasteiger partial charge in [-0.3, -0.25) is 0 Å². The Labute approximate surface area is 96.0 Å². The quantitative estimate of drug-likeness (QED) is 0.593. The van der Waals surface area contributed by atoms with Crippen molar-refractivity contribution in [3.63, 3.8) is 0 Å². The summed E-state index contributed by atoms with van der Waals surface area (Å²) >= 11 is 5.04. The molecule has 0 aliphatic carbocycles. The number of aromatic nitrogens is 1. The molecule has 0 saturated heterocycles. The molecule has 6 heteroatoms. The van der Waals surface area contributed by atoms with Crippen LogP contribution >= 0.6 is 38.5 Å². The van der Waals surface area contributed by atoms with Gasteiger partial charge in [0.2, 0.25) is 0 Å². The maximum atomic E-state index is 12.4. The molecule has 0 bridgehead atoms. The van der Waals surface area contributed by atoms with Crippen molar-refractivity contribution in [2.45, 2.75) is 6.43 Å². The van der Waals surface area contributed by atoms with Gasteiger partial charge in [-0.05, 0) is 44.6 Å². The summed E-state index contributed by atoms with van der Waals surface area (Å²) in [5, 5.41) is 0. The van der Waals surface area contributed by atoms with Gasteiger partial charge in [0.05, 0.1) is 11.6 Å². The summed E-state index contributed by atoms with van der Waals surface area (Å²) in [6, 6.07) is 1.48. The highest BCUT2D eigenvalue weighted by Gasteiger charge is 2.17. The molecular weight excluding hydrogens is 359 g/mol. The molecule has 0 N–H and O–H groups in total. The van der Waals surface area contributed by atoms with E-state index in [9.17, 15) is 8.78 Å². The third kappa shape index (κ3) is 2.49. The second-order valence-corrected chi connectivity index (χ2v) is 4.03. The zero-order valence-corrected chi connectivity index (χ0v) is 10.3. The molecule has 0 unspecified atom stereocenters. The minimum Gasteiger partial charge on any atom is -0.495 e. The molecule has 2 nitrogen and oxygen atoms in total. The highest BCUT2D eigenvalue weighted by atomic mass is 127. The topological polar surface area (TPSA) is 22.1 Å². The van der Waals surface area contributed by atoms with E-state index in [0.29, 0.717) is 8.17 Å². The molecule has 1 rings (SSSR count). The SMILES string of the molecule is COc1cc(Br)c(I)nc1C(F)F. The number of ether oxygens (including phenoxy) is 1. The highest BCUT2D eigenvalue weighted by Crippen LogP contribution is 2.31. The monoisotopic (exact) mass is 363 g/mol. The highest BCUT2D eigenvalue weighted by molar-refractivity contribution is 14.1. The molecule has 0 aliphatic rings. The molecular formula is C7H5BrF2INO. The fourth-order valence-electron chi connectivity index (χ4n) is 0.783. The number of methoxy groups -OCH3 is 1. The maximum Gasteiger partial charge on any atom is 0.284 e. The van der Waals surface area contributed by atoms with Crippen molar-refractivity contribution < 1.29 is 13.5 Å². The smallest absolute Gasteiger partial charge is 0.284 e. The minimum atomic E-state index is -2.61. The Balaban J connectivity index is 3.25. The van der Waals surface area contributed by atoms with Gasteiger partial charge in [-0.15, -0.1) is 0 Å². The van der Waals surface area contributed by atoms with Gasteiger partial charge in [-0.25, -0.2) is 13.8 Å². The average molecular weight is 364 g/mol. The Bertz CT molecular complexity index is 322. The van der Waals surface area contributed by atoms with E-state index in [1.54, 1.807) is 0 Å². The van der Waals surface area contributed by atoms with Crippen LogP contribution in [0.4, 0.5) is 8.78 Å². The van der Waals surface area contributed by atoms with E-state index < -0.39 is 6.43 Å². The van der Waals surface area contributed by atoms with Crippen molar-refractivity contribution in [2.75, 3.05) is 7.11 Å². The predicted molar refractivity (Wildman–Crippen MR) is 56.2 cm³/mol. The third-order valence-corrected chi connectivity index (χ3v) is 3.52.